The molecule has 0 radical (unpaired) electrons. The molecule has 1 fully saturated rings. The molecular formula is C29H35FN2O3S. The molecule has 1 aliphatic rings. The van der Waals surface area contributed by atoms with Crippen LogP contribution >= 0.6 is 11.8 Å². The summed E-state index contributed by atoms with van der Waals surface area (Å²) in [5, 5.41) is 13.9. The Kier molecular flexibility index (Phi) is 9.21. The maximum absolute atomic E-state index is 15.2. The molecule has 0 amide bonds. The van der Waals surface area contributed by atoms with E-state index in [2.05, 4.69) is 23.1 Å². The van der Waals surface area contributed by atoms with Gasteiger partial charge in [-0.2, -0.15) is 16.9 Å². The van der Waals surface area contributed by atoms with Crippen molar-refractivity contribution >= 4 is 17.7 Å². The Morgan fingerprint density at radius 1 is 1.14 bits per heavy atom. The summed E-state index contributed by atoms with van der Waals surface area (Å²) >= 11 is 1.80. The van der Waals surface area contributed by atoms with Gasteiger partial charge in [-0.05, 0) is 86.1 Å². The Morgan fingerprint density at radius 3 is 2.53 bits per heavy atom. The summed E-state index contributed by atoms with van der Waals surface area (Å²) < 4.78 is 22.6. The summed E-state index contributed by atoms with van der Waals surface area (Å²) in [4.78, 5) is 10.7. The van der Waals surface area contributed by atoms with Gasteiger partial charge in [0.2, 0.25) is 0 Å². The van der Waals surface area contributed by atoms with Gasteiger partial charge >= 0.3 is 5.97 Å². The monoisotopic (exact) mass is 510 g/mol. The molecule has 0 aliphatic heterocycles. The molecule has 1 aromatic heterocycles. The molecule has 1 saturated carbocycles. The number of aliphatic carboxylic acids is 1. The van der Waals surface area contributed by atoms with Gasteiger partial charge in [-0.25, -0.2) is 9.18 Å². The van der Waals surface area contributed by atoms with Crippen molar-refractivity contribution in [1.82, 2.24) is 9.78 Å². The topological polar surface area (TPSA) is 64.4 Å². The van der Waals surface area contributed by atoms with Gasteiger partial charge in [0, 0.05) is 23.4 Å². The largest absolute Gasteiger partial charge is 0.480 e. The molecule has 1 N–H and O–H groups in total. The lowest BCUT2D eigenvalue weighted by Crippen LogP contribution is -2.24. The van der Waals surface area contributed by atoms with Crippen LogP contribution < -0.4 is 0 Å². The van der Waals surface area contributed by atoms with E-state index in [0.29, 0.717) is 29.7 Å². The van der Waals surface area contributed by atoms with Crippen molar-refractivity contribution in [3.63, 3.8) is 0 Å². The highest BCUT2D eigenvalue weighted by Gasteiger charge is 2.26. The van der Waals surface area contributed by atoms with E-state index >= 15 is 4.39 Å². The van der Waals surface area contributed by atoms with Crippen LogP contribution in [0.4, 0.5) is 4.39 Å². The number of carboxylic acid groups (broad SMARTS) is 1. The first-order chi connectivity index (χ1) is 17.5. The Bertz CT molecular complexity index is 1160. The zero-order valence-corrected chi connectivity index (χ0v) is 21.9. The van der Waals surface area contributed by atoms with Crippen LogP contribution in [0.2, 0.25) is 0 Å². The average molecular weight is 511 g/mol. The Labute approximate surface area is 217 Å². The van der Waals surface area contributed by atoms with E-state index in [1.165, 1.54) is 0 Å². The highest BCUT2D eigenvalue weighted by Crippen LogP contribution is 2.38. The van der Waals surface area contributed by atoms with E-state index in [0.717, 1.165) is 66.8 Å². The van der Waals surface area contributed by atoms with E-state index in [1.807, 2.05) is 37.3 Å². The fraction of sp³-hybridized carbons (Fsp3) is 0.448. The number of thioether (sulfide) groups is 1. The van der Waals surface area contributed by atoms with Crippen LogP contribution in [0.3, 0.4) is 0 Å². The van der Waals surface area contributed by atoms with Crippen molar-refractivity contribution in [3.05, 3.63) is 65.6 Å². The fourth-order valence-electron chi connectivity index (χ4n) is 5.15. The molecule has 0 bridgehead atoms. The lowest BCUT2D eigenvalue weighted by atomic mass is 9.82. The average Bonchev–Trinajstić information content (AvgIpc) is 3.21. The number of hydrogen-bond acceptors (Lipinski definition) is 4. The smallest absolute Gasteiger partial charge is 0.329 e. The number of benzene rings is 2. The minimum atomic E-state index is -0.921. The van der Waals surface area contributed by atoms with Gasteiger partial charge in [0.15, 0.2) is 0 Å². The molecule has 36 heavy (non-hydrogen) atoms. The molecule has 0 atom stereocenters. The van der Waals surface area contributed by atoms with Crippen LogP contribution in [-0.2, 0) is 22.5 Å². The SMILES string of the molecule is CSCCc1c(-c2ccccc2)c(-c2ccc(C)cc2F)nn1CC1CCC(COCC(=O)O)CC1. The number of nitrogens with zero attached hydrogens (tertiary/aromatic N) is 2. The number of aryl methyl sites for hydroxylation is 1. The second-order valence-corrected chi connectivity index (χ2v) is 10.7. The van der Waals surface area contributed by atoms with Crippen molar-refractivity contribution in [2.75, 3.05) is 25.2 Å². The maximum atomic E-state index is 15.2. The van der Waals surface area contributed by atoms with Crippen molar-refractivity contribution in [1.29, 1.82) is 0 Å². The highest BCUT2D eigenvalue weighted by atomic mass is 32.2. The molecule has 1 aliphatic carbocycles. The Hall–Kier alpha value is -2.64. The van der Waals surface area contributed by atoms with Crippen LogP contribution in [0, 0.1) is 24.6 Å². The Morgan fingerprint density at radius 2 is 1.86 bits per heavy atom. The zero-order chi connectivity index (χ0) is 25.5. The lowest BCUT2D eigenvalue weighted by Gasteiger charge is -2.28. The Balaban J connectivity index is 1.63. The minimum Gasteiger partial charge on any atom is -0.480 e. The van der Waals surface area contributed by atoms with Gasteiger partial charge in [-0.15, -0.1) is 0 Å². The summed E-state index contributed by atoms with van der Waals surface area (Å²) in [6.07, 6.45) is 7.13. The summed E-state index contributed by atoms with van der Waals surface area (Å²) in [5.41, 5.74) is 5.41. The van der Waals surface area contributed by atoms with E-state index in [1.54, 1.807) is 17.8 Å². The lowest BCUT2D eigenvalue weighted by molar-refractivity contribution is -0.142. The first kappa shape index (κ1) is 26.4. The summed E-state index contributed by atoms with van der Waals surface area (Å²) in [6, 6.07) is 15.6. The maximum Gasteiger partial charge on any atom is 0.329 e. The quantitative estimate of drug-likeness (QED) is 0.320. The molecule has 0 saturated heterocycles. The van der Waals surface area contributed by atoms with E-state index in [9.17, 15) is 4.79 Å². The second-order valence-electron chi connectivity index (χ2n) is 9.74. The predicted molar refractivity (Wildman–Crippen MR) is 144 cm³/mol. The van der Waals surface area contributed by atoms with Gasteiger partial charge in [0.05, 0.1) is 6.61 Å². The van der Waals surface area contributed by atoms with Crippen molar-refractivity contribution in [2.24, 2.45) is 11.8 Å². The van der Waals surface area contributed by atoms with Crippen LogP contribution in [0.1, 0.15) is 36.9 Å². The molecule has 3 aromatic rings. The van der Waals surface area contributed by atoms with Crippen LogP contribution in [0.25, 0.3) is 22.4 Å². The number of aromatic nitrogens is 2. The van der Waals surface area contributed by atoms with E-state index in [-0.39, 0.29) is 12.4 Å². The molecule has 1 heterocycles. The number of hydrogen-bond donors (Lipinski definition) is 1. The molecule has 5 nitrogen and oxygen atoms in total. The first-order valence-corrected chi connectivity index (χ1v) is 14.1. The van der Waals surface area contributed by atoms with E-state index in [4.69, 9.17) is 14.9 Å². The molecule has 0 spiro atoms. The second kappa shape index (κ2) is 12.5. The first-order valence-electron chi connectivity index (χ1n) is 12.7. The normalized spacial score (nSPS) is 17.9. The number of carboxylic acids is 1. The third-order valence-electron chi connectivity index (χ3n) is 7.02. The van der Waals surface area contributed by atoms with Crippen molar-refractivity contribution < 1.29 is 19.0 Å². The molecule has 2 aromatic carbocycles. The molecule has 0 unspecified atom stereocenters. The van der Waals surface area contributed by atoms with Crippen LogP contribution in [0.15, 0.2) is 48.5 Å². The number of ether oxygens (including phenoxy) is 1. The number of rotatable bonds is 11. The molecule has 7 heteroatoms. The fourth-order valence-corrected chi connectivity index (χ4v) is 5.55. The van der Waals surface area contributed by atoms with Gasteiger partial charge in [-0.1, -0.05) is 36.4 Å². The number of carbonyl (C=O) groups is 1. The summed E-state index contributed by atoms with van der Waals surface area (Å²) in [7, 11) is 0. The summed E-state index contributed by atoms with van der Waals surface area (Å²) in [5.74, 6) is 0.694. The van der Waals surface area contributed by atoms with Gasteiger partial charge in [0.25, 0.3) is 0 Å². The predicted octanol–water partition coefficient (Wildman–Crippen LogP) is 6.48. The van der Waals surface area contributed by atoms with Gasteiger partial charge in [0.1, 0.15) is 18.1 Å². The van der Waals surface area contributed by atoms with Gasteiger partial charge < -0.3 is 9.84 Å². The third kappa shape index (κ3) is 6.56. The molecular weight excluding hydrogens is 475 g/mol. The standard InChI is InChI=1S/C29H35FN2O3S/c1-20-8-13-24(25(30)16-20)29-28(23-6-4-3-5-7-23)26(14-15-36-2)32(31-29)17-21-9-11-22(12-10-21)18-35-19-27(33)34/h3-8,13,16,21-22H,9-12,14-15,17-19H2,1-2H3,(H,33,34). The summed E-state index contributed by atoms with van der Waals surface area (Å²) in [6.45, 7) is 2.98. The third-order valence-corrected chi connectivity index (χ3v) is 7.63. The zero-order valence-electron chi connectivity index (χ0n) is 21.1. The number of halogens is 1. The van der Waals surface area contributed by atoms with Crippen LogP contribution in [-0.4, -0.2) is 46.1 Å². The van der Waals surface area contributed by atoms with E-state index < -0.39 is 5.97 Å². The highest BCUT2D eigenvalue weighted by molar-refractivity contribution is 7.98. The molecule has 4 rings (SSSR count). The van der Waals surface area contributed by atoms with Gasteiger partial charge in [-0.3, -0.25) is 4.68 Å². The molecule has 192 valence electrons. The van der Waals surface area contributed by atoms with Crippen LogP contribution in [0.5, 0.6) is 0 Å². The van der Waals surface area contributed by atoms with Crippen molar-refractivity contribution in [2.45, 2.75) is 45.6 Å². The minimum absolute atomic E-state index is 0.230. The van der Waals surface area contributed by atoms with Crippen molar-refractivity contribution in [3.8, 4) is 22.4 Å².